The number of aliphatic hydroxyl groups is 2. The van der Waals surface area contributed by atoms with E-state index >= 15 is 0 Å². The highest BCUT2D eigenvalue weighted by atomic mass is 16.5. The maximum absolute atomic E-state index is 9.92. The normalized spacial score (nSPS) is 22.1. The second kappa shape index (κ2) is 3.96. The van der Waals surface area contributed by atoms with Crippen molar-refractivity contribution in [2.24, 2.45) is 0 Å². The molecule has 0 bridgehead atoms. The summed E-state index contributed by atoms with van der Waals surface area (Å²) in [6, 6.07) is 5.57. The number of ether oxygens (including phenoxy) is 2. The van der Waals surface area contributed by atoms with Gasteiger partial charge in [0.2, 0.25) is 0 Å². The minimum absolute atomic E-state index is 0.317. The van der Waals surface area contributed by atoms with Gasteiger partial charge in [0.25, 0.3) is 0 Å². The molecule has 1 aliphatic rings. The number of methoxy groups -OCH3 is 1. The second-order valence-corrected chi connectivity index (χ2v) is 4.30. The quantitative estimate of drug-likeness (QED) is 0.795. The first-order valence-electron chi connectivity index (χ1n) is 5.23. The van der Waals surface area contributed by atoms with Crippen LogP contribution < -0.4 is 9.47 Å². The molecule has 4 nitrogen and oxygen atoms in total. The lowest BCUT2D eigenvalue weighted by atomic mass is 9.96. The zero-order chi connectivity index (χ0) is 11.8. The monoisotopic (exact) mass is 224 g/mol. The molecule has 1 aromatic carbocycles. The molecule has 88 valence electrons. The van der Waals surface area contributed by atoms with Crippen LogP contribution in [0.5, 0.6) is 11.5 Å². The van der Waals surface area contributed by atoms with E-state index in [0.717, 1.165) is 17.1 Å². The summed E-state index contributed by atoms with van der Waals surface area (Å²) >= 11 is 0. The molecule has 0 spiro atoms. The maximum atomic E-state index is 9.92. The van der Waals surface area contributed by atoms with Crippen LogP contribution in [0.25, 0.3) is 0 Å². The summed E-state index contributed by atoms with van der Waals surface area (Å²) in [5.41, 5.74) is -0.189. The van der Waals surface area contributed by atoms with Crippen molar-refractivity contribution in [1.82, 2.24) is 0 Å². The van der Waals surface area contributed by atoms with Crippen molar-refractivity contribution in [2.45, 2.75) is 25.0 Å². The zero-order valence-electron chi connectivity index (χ0n) is 9.43. The fraction of sp³-hybridized carbons (Fsp3) is 0.500. The molecule has 1 aromatic rings. The van der Waals surface area contributed by atoms with E-state index in [1.165, 1.54) is 0 Å². The molecule has 0 aliphatic carbocycles. The van der Waals surface area contributed by atoms with Gasteiger partial charge in [0.1, 0.15) is 23.2 Å². The Morgan fingerprint density at radius 3 is 2.94 bits per heavy atom. The summed E-state index contributed by atoms with van der Waals surface area (Å²) in [7, 11) is 1.60. The van der Waals surface area contributed by atoms with Gasteiger partial charge in [-0.2, -0.15) is 0 Å². The van der Waals surface area contributed by atoms with Crippen LogP contribution in [0.4, 0.5) is 0 Å². The molecule has 2 rings (SSSR count). The fourth-order valence-electron chi connectivity index (χ4n) is 1.78. The van der Waals surface area contributed by atoms with E-state index in [2.05, 4.69) is 0 Å². The Morgan fingerprint density at radius 1 is 1.56 bits per heavy atom. The molecule has 1 aliphatic heterocycles. The molecule has 2 atom stereocenters. The van der Waals surface area contributed by atoms with Crippen LogP contribution >= 0.6 is 0 Å². The highest BCUT2D eigenvalue weighted by Gasteiger charge is 2.38. The van der Waals surface area contributed by atoms with E-state index < -0.39 is 11.7 Å². The first-order chi connectivity index (χ1) is 7.56. The van der Waals surface area contributed by atoms with Crippen LogP contribution in [0, 0.1) is 0 Å². The smallest absolute Gasteiger partial charge is 0.133 e. The molecule has 2 N–H and O–H groups in total. The second-order valence-electron chi connectivity index (χ2n) is 4.30. The predicted octanol–water partition coefficient (Wildman–Crippen LogP) is 0.742. The van der Waals surface area contributed by atoms with Gasteiger partial charge in [-0.25, -0.2) is 0 Å². The molecule has 0 fully saturated rings. The van der Waals surface area contributed by atoms with Gasteiger partial charge in [0, 0.05) is 12.5 Å². The fourth-order valence-corrected chi connectivity index (χ4v) is 1.78. The molecule has 0 saturated carbocycles. The summed E-state index contributed by atoms with van der Waals surface area (Å²) in [6.07, 6.45) is 0.201. The zero-order valence-corrected chi connectivity index (χ0v) is 9.43. The molecular weight excluding hydrogens is 208 g/mol. The number of hydrogen-bond donors (Lipinski definition) is 2. The Kier molecular flexibility index (Phi) is 2.78. The summed E-state index contributed by atoms with van der Waals surface area (Å²) in [4.78, 5) is 0. The molecule has 1 heterocycles. The van der Waals surface area contributed by atoms with Gasteiger partial charge in [0.05, 0.1) is 13.7 Å². The number of rotatable bonds is 3. The lowest BCUT2D eigenvalue weighted by Crippen LogP contribution is -2.45. The molecule has 0 radical (unpaired) electrons. The molecule has 0 amide bonds. The van der Waals surface area contributed by atoms with E-state index in [1.807, 2.05) is 12.1 Å². The molecule has 0 unspecified atom stereocenters. The van der Waals surface area contributed by atoms with E-state index in [-0.39, 0.29) is 6.61 Å². The Morgan fingerprint density at radius 2 is 2.31 bits per heavy atom. The third-order valence-electron chi connectivity index (χ3n) is 2.96. The minimum Gasteiger partial charge on any atom is -0.497 e. The van der Waals surface area contributed by atoms with E-state index in [1.54, 1.807) is 20.1 Å². The van der Waals surface area contributed by atoms with Crippen LogP contribution in [0.1, 0.15) is 12.5 Å². The lowest BCUT2D eigenvalue weighted by molar-refractivity contribution is -0.0729. The van der Waals surface area contributed by atoms with Crippen LogP contribution in [0.3, 0.4) is 0 Å². The van der Waals surface area contributed by atoms with Gasteiger partial charge in [-0.3, -0.25) is 0 Å². The van der Waals surface area contributed by atoms with Crippen LogP contribution in [0.2, 0.25) is 0 Å². The Bertz CT molecular complexity index is 387. The summed E-state index contributed by atoms with van der Waals surface area (Å²) in [5.74, 6) is 1.45. The number of aliphatic hydroxyl groups excluding tert-OH is 1. The van der Waals surface area contributed by atoms with Crippen LogP contribution in [-0.4, -0.2) is 35.6 Å². The maximum Gasteiger partial charge on any atom is 0.133 e. The van der Waals surface area contributed by atoms with Gasteiger partial charge in [-0.15, -0.1) is 0 Å². The van der Waals surface area contributed by atoms with Gasteiger partial charge >= 0.3 is 0 Å². The predicted molar refractivity (Wildman–Crippen MR) is 58.8 cm³/mol. The summed E-state index contributed by atoms with van der Waals surface area (Å²) in [6.45, 7) is 1.25. The summed E-state index contributed by atoms with van der Waals surface area (Å²) in [5, 5.41) is 19.0. The van der Waals surface area contributed by atoms with Gasteiger partial charge in [0.15, 0.2) is 0 Å². The average molecular weight is 224 g/mol. The van der Waals surface area contributed by atoms with Crippen molar-refractivity contribution >= 4 is 0 Å². The minimum atomic E-state index is -1.22. The van der Waals surface area contributed by atoms with Crippen molar-refractivity contribution in [3.63, 3.8) is 0 Å². The molecular formula is C12H16O4. The largest absolute Gasteiger partial charge is 0.497 e. The van der Waals surface area contributed by atoms with Crippen molar-refractivity contribution in [3.05, 3.63) is 23.8 Å². The van der Waals surface area contributed by atoms with E-state index in [0.29, 0.717) is 6.42 Å². The highest BCUT2D eigenvalue weighted by molar-refractivity contribution is 5.44. The van der Waals surface area contributed by atoms with Crippen molar-refractivity contribution in [1.29, 1.82) is 0 Å². The van der Waals surface area contributed by atoms with Gasteiger partial charge < -0.3 is 19.7 Å². The number of fused-ring (bicyclic) bond motifs is 1. The molecule has 16 heavy (non-hydrogen) atoms. The van der Waals surface area contributed by atoms with E-state index in [9.17, 15) is 5.11 Å². The Labute approximate surface area is 94.4 Å². The highest BCUT2D eigenvalue weighted by Crippen LogP contribution is 2.35. The molecule has 0 saturated heterocycles. The standard InChI is InChI=1S/C12H16O4/c1-12(14,7-13)11-5-8-3-4-9(15-2)6-10(8)16-11/h3-4,6,11,13-14H,5,7H2,1-2H3/t11-,12-/m0/s1. The average Bonchev–Trinajstić information content (AvgIpc) is 2.72. The topological polar surface area (TPSA) is 58.9 Å². The Hall–Kier alpha value is -1.26. The number of benzene rings is 1. The Balaban J connectivity index is 2.21. The first-order valence-corrected chi connectivity index (χ1v) is 5.23. The van der Waals surface area contributed by atoms with Crippen molar-refractivity contribution < 1.29 is 19.7 Å². The van der Waals surface area contributed by atoms with Crippen molar-refractivity contribution in [3.8, 4) is 11.5 Å². The molecule has 4 heteroatoms. The third kappa shape index (κ3) is 1.86. The SMILES string of the molecule is COc1ccc2c(c1)O[C@H]([C@@](C)(O)CO)C2. The molecule has 0 aromatic heterocycles. The van der Waals surface area contributed by atoms with E-state index in [4.69, 9.17) is 14.6 Å². The third-order valence-corrected chi connectivity index (χ3v) is 2.96. The van der Waals surface area contributed by atoms with Crippen LogP contribution in [0.15, 0.2) is 18.2 Å². The van der Waals surface area contributed by atoms with Crippen molar-refractivity contribution in [2.75, 3.05) is 13.7 Å². The van der Waals surface area contributed by atoms with Crippen LogP contribution in [-0.2, 0) is 6.42 Å². The lowest BCUT2D eigenvalue weighted by Gasteiger charge is -2.26. The van der Waals surface area contributed by atoms with Gasteiger partial charge in [-0.1, -0.05) is 6.07 Å². The van der Waals surface area contributed by atoms with Gasteiger partial charge in [-0.05, 0) is 18.6 Å². The summed E-state index contributed by atoms with van der Waals surface area (Å²) < 4.78 is 10.7. The first kappa shape index (κ1) is 11.2. The number of hydrogen-bond acceptors (Lipinski definition) is 4.